The van der Waals surface area contributed by atoms with Crippen molar-refractivity contribution in [3.63, 3.8) is 0 Å². The van der Waals surface area contributed by atoms with E-state index >= 15 is 0 Å². The van der Waals surface area contributed by atoms with Crippen LogP contribution in [0.3, 0.4) is 0 Å². The molecular formula is C24H26N2O5. The van der Waals surface area contributed by atoms with E-state index < -0.39 is 0 Å². The van der Waals surface area contributed by atoms with Gasteiger partial charge in [-0.05, 0) is 35.2 Å². The second kappa shape index (κ2) is 8.81. The third kappa shape index (κ3) is 3.77. The minimum Gasteiger partial charge on any atom is -0.493 e. The van der Waals surface area contributed by atoms with E-state index in [2.05, 4.69) is 12.1 Å². The van der Waals surface area contributed by atoms with Crippen molar-refractivity contribution < 1.29 is 23.8 Å². The summed E-state index contributed by atoms with van der Waals surface area (Å²) in [6.07, 6.45) is 0.818. The molecule has 0 saturated heterocycles. The highest BCUT2D eigenvalue weighted by atomic mass is 16.5. The van der Waals surface area contributed by atoms with Gasteiger partial charge in [0.1, 0.15) is 5.70 Å². The van der Waals surface area contributed by atoms with E-state index in [1.165, 1.54) is 16.0 Å². The molecule has 7 heteroatoms. The Morgan fingerprint density at radius 2 is 1.65 bits per heavy atom. The van der Waals surface area contributed by atoms with Crippen LogP contribution in [0.4, 0.5) is 0 Å². The number of amides is 2. The molecule has 0 radical (unpaired) electrons. The molecule has 2 aliphatic heterocycles. The number of carbonyl (C=O) groups is 2. The maximum absolute atomic E-state index is 13.4. The fourth-order valence-corrected chi connectivity index (χ4v) is 4.18. The molecule has 0 N–H and O–H groups in total. The first kappa shape index (κ1) is 20.9. The molecule has 4 rings (SSSR count). The molecule has 7 nitrogen and oxygen atoms in total. The Hall–Kier alpha value is -3.32. The number of ether oxygens (including phenoxy) is 3. The number of fused-ring (bicyclic) bond motifs is 1. The molecule has 0 fully saturated rings. The van der Waals surface area contributed by atoms with Gasteiger partial charge in [0, 0.05) is 20.2 Å². The van der Waals surface area contributed by atoms with Gasteiger partial charge < -0.3 is 19.1 Å². The van der Waals surface area contributed by atoms with Gasteiger partial charge in [-0.3, -0.25) is 14.5 Å². The fourth-order valence-electron chi connectivity index (χ4n) is 4.18. The van der Waals surface area contributed by atoms with Crippen LogP contribution < -0.4 is 9.47 Å². The van der Waals surface area contributed by atoms with Crippen LogP contribution in [-0.4, -0.2) is 62.6 Å². The average Bonchev–Trinajstić information content (AvgIpc) is 3.06. The van der Waals surface area contributed by atoms with Crippen LogP contribution in [0.15, 0.2) is 48.2 Å². The molecule has 0 aliphatic carbocycles. The van der Waals surface area contributed by atoms with Gasteiger partial charge in [0.15, 0.2) is 11.5 Å². The highest BCUT2D eigenvalue weighted by Crippen LogP contribution is 2.37. The lowest BCUT2D eigenvalue weighted by molar-refractivity contribution is -0.138. The molecule has 2 aromatic rings. The first-order chi connectivity index (χ1) is 15.1. The van der Waals surface area contributed by atoms with Crippen molar-refractivity contribution in [1.82, 2.24) is 9.80 Å². The second-order valence-corrected chi connectivity index (χ2v) is 7.49. The Labute approximate surface area is 181 Å². The summed E-state index contributed by atoms with van der Waals surface area (Å²) < 4.78 is 15.9. The normalized spacial score (nSPS) is 16.1. The molecule has 0 saturated carbocycles. The fraction of sp³-hybridized carbons (Fsp3) is 0.333. The third-order valence-electron chi connectivity index (χ3n) is 5.78. The summed E-state index contributed by atoms with van der Waals surface area (Å²) >= 11 is 0. The summed E-state index contributed by atoms with van der Waals surface area (Å²) in [5.41, 5.74) is 3.90. The van der Waals surface area contributed by atoms with Gasteiger partial charge in [0.05, 0.1) is 32.9 Å². The Balaban J connectivity index is 1.79. The van der Waals surface area contributed by atoms with E-state index in [1.54, 1.807) is 39.5 Å². The molecule has 2 aliphatic rings. The Bertz CT molecular complexity index is 1050. The van der Waals surface area contributed by atoms with Crippen LogP contribution in [0.1, 0.15) is 16.7 Å². The van der Waals surface area contributed by atoms with Gasteiger partial charge in [0.2, 0.25) is 0 Å². The summed E-state index contributed by atoms with van der Waals surface area (Å²) in [5.74, 6) is 0.467. The van der Waals surface area contributed by atoms with Crippen LogP contribution in [0.25, 0.3) is 5.57 Å². The number of benzene rings is 2. The Morgan fingerprint density at radius 3 is 2.35 bits per heavy atom. The number of hydrogen-bond acceptors (Lipinski definition) is 6. The smallest absolute Gasteiger partial charge is 0.277 e. The third-order valence-corrected chi connectivity index (χ3v) is 5.78. The standard InChI is InChI=1S/C24H26N2O5/c1-29-13-12-26-23(27)21(17-8-9-19(30-2)20(14-17)31-3)22(24(26)28)25-11-10-16-6-4-5-7-18(16)15-25/h4-9,14H,10-13,15H2,1-3H3. The SMILES string of the molecule is COCCN1C(=O)C(c2ccc(OC)c(OC)c2)=C(N2CCc3ccccc3C2)C1=O. The molecule has 2 heterocycles. The number of nitrogens with zero attached hydrogens (tertiary/aromatic N) is 2. The zero-order valence-electron chi connectivity index (χ0n) is 18.0. The summed E-state index contributed by atoms with van der Waals surface area (Å²) in [4.78, 5) is 30.0. The number of imide groups is 1. The van der Waals surface area contributed by atoms with Gasteiger partial charge in [-0.2, -0.15) is 0 Å². The maximum atomic E-state index is 13.4. The monoisotopic (exact) mass is 422 g/mol. The molecule has 0 atom stereocenters. The van der Waals surface area contributed by atoms with Crippen LogP contribution in [0.2, 0.25) is 0 Å². The molecule has 0 aromatic heterocycles. The predicted octanol–water partition coefficient (Wildman–Crippen LogP) is 2.49. The molecule has 0 unspecified atom stereocenters. The largest absolute Gasteiger partial charge is 0.493 e. The van der Waals surface area contributed by atoms with E-state index in [9.17, 15) is 9.59 Å². The molecular weight excluding hydrogens is 396 g/mol. The van der Waals surface area contributed by atoms with Gasteiger partial charge in [-0.1, -0.05) is 30.3 Å². The minimum atomic E-state index is -0.317. The van der Waals surface area contributed by atoms with Gasteiger partial charge in [-0.15, -0.1) is 0 Å². The molecule has 162 valence electrons. The van der Waals surface area contributed by atoms with Crippen molar-refractivity contribution in [2.45, 2.75) is 13.0 Å². The number of carbonyl (C=O) groups excluding carboxylic acids is 2. The van der Waals surface area contributed by atoms with Crippen molar-refractivity contribution in [2.75, 3.05) is 41.0 Å². The van der Waals surface area contributed by atoms with Crippen LogP contribution in [-0.2, 0) is 27.3 Å². The van der Waals surface area contributed by atoms with E-state index in [1.807, 2.05) is 17.0 Å². The van der Waals surface area contributed by atoms with Crippen molar-refractivity contribution in [3.05, 3.63) is 64.9 Å². The highest BCUT2D eigenvalue weighted by Gasteiger charge is 2.42. The van der Waals surface area contributed by atoms with Crippen molar-refractivity contribution in [2.24, 2.45) is 0 Å². The molecule has 2 amide bonds. The van der Waals surface area contributed by atoms with E-state index in [-0.39, 0.29) is 25.0 Å². The number of methoxy groups -OCH3 is 3. The van der Waals surface area contributed by atoms with Gasteiger partial charge in [0.25, 0.3) is 11.8 Å². The van der Waals surface area contributed by atoms with Crippen LogP contribution >= 0.6 is 0 Å². The topological polar surface area (TPSA) is 68.3 Å². The Morgan fingerprint density at radius 1 is 0.903 bits per heavy atom. The highest BCUT2D eigenvalue weighted by molar-refractivity contribution is 6.35. The lowest BCUT2D eigenvalue weighted by Gasteiger charge is -2.31. The lowest BCUT2D eigenvalue weighted by atomic mass is 9.97. The summed E-state index contributed by atoms with van der Waals surface area (Å²) in [6, 6.07) is 13.5. The number of rotatable bonds is 7. The summed E-state index contributed by atoms with van der Waals surface area (Å²) in [5, 5.41) is 0. The Kier molecular flexibility index (Phi) is 5.95. The second-order valence-electron chi connectivity index (χ2n) is 7.49. The maximum Gasteiger partial charge on any atom is 0.277 e. The molecule has 0 spiro atoms. The first-order valence-electron chi connectivity index (χ1n) is 10.2. The lowest BCUT2D eigenvalue weighted by Crippen LogP contribution is -2.38. The van der Waals surface area contributed by atoms with E-state index in [0.29, 0.717) is 41.4 Å². The zero-order valence-corrected chi connectivity index (χ0v) is 18.0. The van der Waals surface area contributed by atoms with Gasteiger partial charge in [-0.25, -0.2) is 0 Å². The van der Waals surface area contributed by atoms with Crippen LogP contribution in [0.5, 0.6) is 11.5 Å². The quantitative estimate of drug-likeness (QED) is 0.639. The minimum absolute atomic E-state index is 0.207. The summed E-state index contributed by atoms with van der Waals surface area (Å²) in [7, 11) is 4.66. The van der Waals surface area contributed by atoms with Gasteiger partial charge >= 0.3 is 0 Å². The van der Waals surface area contributed by atoms with Crippen molar-refractivity contribution >= 4 is 17.4 Å². The first-order valence-corrected chi connectivity index (χ1v) is 10.2. The average molecular weight is 422 g/mol. The molecule has 31 heavy (non-hydrogen) atoms. The van der Waals surface area contributed by atoms with Crippen molar-refractivity contribution in [1.29, 1.82) is 0 Å². The molecule has 2 aromatic carbocycles. The number of hydrogen-bond donors (Lipinski definition) is 0. The predicted molar refractivity (Wildman–Crippen MR) is 116 cm³/mol. The van der Waals surface area contributed by atoms with E-state index in [4.69, 9.17) is 14.2 Å². The zero-order chi connectivity index (χ0) is 22.0. The van der Waals surface area contributed by atoms with E-state index in [0.717, 1.165) is 6.42 Å². The van der Waals surface area contributed by atoms with Crippen molar-refractivity contribution in [3.8, 4) is 11.5 Å². The summed E-state index contributed by atoms with van der Waals surface area (Å²) in [6.45, 7) is 1.74. The molecule has 0 bridgehead atoms. The van der Waals surface area contributed by atoms with Crippen LogP contribution in [0, 0.1) is 0 Å².